The molecule has 0 saturated heterocycles. The van der Waals surface area contributed by atoms with E-state index in [-0.39, 0.29) is 25.4 Å². The number of amides is 1. The van der Waals surface area contributed by atoms with Crippen molar-refractivity contribution in [3.8, 4) is 0 Å². The Hall–Kier alpha value is -1.63. The first-order valence-corrected chi connectivity index (χ1v) is 6.33. The van der Waals surface area contributed by atoms with Crippen LogP contribution in [0.2, 0.25) is 0 Å². The number of nitrogens with zero attached hydrogens (tertiary/aromatic N) is 1. The second-order valence-electron chi connectivity index (χ2n) is 4.33. The second-order valence-corrected chi connectivity index (χ2v) is 4.33. The maximum atomic E-state index is 11.6. The summed E-state index contributed by atoms with van der Waals surface area (Å²) < 4.78 is 0. The fourth-order valence-electron chi connectivity index (χ4n) is 1.45. The molecule has 110 valence electrons. The quantitative estimate of drug-likeness (QED) is 0.490. The molecular formula is C12H22N2O5. The van der Waals surface area contributed by atoms with Crippen LogP contribution >= 0.6 is 0 Å². The highest BCUT2D eigenvalue weighted by molar-refractivity contribution is 5.80. The van der Waals surface area contributed by atoms with Crippen molar-refractivity contribution in [3.05, 3.63) is 0 Å². The molecule has 0 aromatic carbocycles. The number of carboxylic acid groups (broad SMARTS) is 2. The highest BCUT2D eigenvalue weighted by Crippen LogP contribution is 2.01. The number of rotatable bonds is 10. The van der Waals surface area contributed by atoms with Crippen molar-refractivity contribution in [1.82, 2.24) is 10.2 Å². The minimum Gasteiger partial charge on any atom is -0.481 e. The van der Waals surface area contributed by atoms with Gasteiger partial charge in [0.05, 0.1) is 13.0 Å². The Labute approximate surface area is 112 Å². The van der Waals surface area contributed by atoms with Gasteiger partial charge in [0.2, 0.25) is 5.91 Å². The molecule has 1 amide bonds. The van der Waals surface area contributed by atoms with Crippen LogP contribution in [0.4, 0.5) is 0 Å². The van der Waals surface area contributed by atoms with Crippen LogP contribution in [0.25, 0.3) is 0 Å². The summed E-state index contributed by atoms with van der Waals surface area (Å²) >= 11 is 0. The largest absolute Gasteiger partial charge is 0.481 e. The summed E-state index contributed by atoms with van der Waals surface area (Å²) in [5.41, 5.74) is 0. The molecule has 0 bridgehead atoms. The van der Waals surface area contributed by atoms with Crippen molar-refractivity contribution in [2.75, 3.05) is 19.6 Å². The first-order valence-electron chi connectivity index (χ1n) is 6.33. The molecule has 19 heavy (non-hydrogen) atoms. The van der Waals surface area contributed by atoms with E-state index in [0.717, 1.165) is 12.8 Å². The molecule has 1 atom stereocenters. The maximum absolute atomic E-state index is 11.6. The van der Waals surface area contributed by atoms with Crippen LogP contribution in [0.15, 0.2) is 0 Å². The first kappa shape index (κ1) is 17.4. The SMILES string of the molecule is CCCCNC(=O)CN(CCC(=O)O)C(C)C(=O)O. The molecule has 0 aliphatic heterocycles. The summed E-state index contributed by atoms with van der Waals surface area (Å²) in [4.78, 5) is 34.4. The zero-order valence-corrected chi connectivity index (χ0v) is 11.4. The monoisotopic (exact) mass is 274 g/mol. The summed E-state index contributed by atoms with van der Waals surface area (Å²) in [6.45, 7) is 3.90. The molecule has 0 saturated carbocycles. The van der Waals surface area contributed by atoms with E-state index in [9.17, 15) is 14.4 Å². The topological polar surface area (TPSA) is 107 Å². The molecule has 0 heterocycles. The smallest absolute Gasteiger partial charge is 0.320 e. The highest BCUT2D eigenvalue weighted by atomic mass is 16.4. The van der Waals surface area contributed by atoms with Crippen molar-refractivity contribution in [1.29, 1.82) is 0 Å². The van der Waals surface area contributed by atoms with Gasteiger partial charge in [0.15, 0.2) is 0 Å². The van der Waals surface area contributed by atoms with Gasteiger partial charge in [-0.2, -0.15) is 0 Å². The van der Waals surface area contributed by atoms with Crippen molar-refractivity contribution in [2.45, 2.75) is 39.2 Å². The molecular weight excluding hydrogens is 252 g/mol. The van der Waals surface area contributed by atoms with Gasteiger partial charge < -0.3 is 15.5 Å². The van der Waals surface area contributed by atoms with Crippen LogP contribution in [0, 0.1) is 0 Å². The van der Waals surface area contributed by atoms with Crippen LogP contribution < -0.4 is 5.32 Å². The van der Waals surface area contributed by atoms with Gasteiger partial charge in [0.25, 0.3) is 0 Å². The summed E-state index contributed by atoms with van der Waals surface area (Å²) in [7, 11) is 0. The van der Waals surface area contributed by atoms with Gasteiger partial charge >= 0.3 is 11.9 Å². The van der Waals surface area contributed by atoms with E-state index in [4.69, 9.17) is 10.2 Å². The van der Waals surface area contributed by atoms with Crippen LogP contribution in [0.3, 0.4) is 0 Å². The minimum absolute atomic E-state index is 0.0317. The molecule has 7 heteroatoms. The van der Waals surface area contributed by atoms with Gasteiger partial charge in [0.1, 0.15) is 6.04 Å². The third-order valence-electron chi connectivity index (χ3n) is 2.72. The molecule has 0 aromatic heterocycles. The number of aliphatic carboxylic acids is 2. The lowest BCUT2D eigenvalue weighted by Gasteiger charge is -2.24. The van der Waals surface area contributed by atoms with E-state index in [1.807, 2.05) is 6.92 Å². The fraction of sp³-hybridized carbons (Fsp3) is 0.750. The Morgan fingerprint density at radius 3 is 2.37 bits per heavy atom. The standard InChI is InChI=1S/C12H22N2O5/c1-3-4-6-13-10(15)8-14(7-5-11(16)17)9(2)12(18)19/h9H,3-8H2,1-2H3,(H,13,15)(H,16,17)(H,18,19). The van der Waals surface area contributed by atoms with Gasteiger partial charge in [-0.05, 0) is 13.3 Å². The Balaban J connectivity index is 4.35. The van der Waals surface area contributed by atoms with Gasteiger partial charge in [-0.1, -0.05) is 13.3 Å². The zero-order chi connectivity index (χ0) is 14.8. The molecule has 0 aliphatic carbocycles. The average Bonchev–Trinajstić information content (AvgIpc) is 2.33. The van der Waals surface area contributed by atoms with Gasteiger partial charge in [-0.3, -0.25) is 19.3 Å². The lowest BCUT2D eigenvalue weighted by molar-refractivity contribution is -0.145. The number of carbonyl (C=O) groups is 3. The molecule has 0 radical (unpaired) electrons. The van der Waals surface area contributed by atoms with Gasteiger partial charge in [-0.25, -0.2) is 0 Å². The second kappa shape index (κ2) is 9.32. The van der Waals surface area contributed by atoms with Gasteiger partial charge in [0, 0.05) is 13.1 Å². The van der Waals surface area contributed by atoms with E-state index in [1.165, 1.54) is 11.8 Å². The Kier molecular flexibility index (Phi) is 8.52. The Morgan fingerprint density at radius 1 is 1.26 bits per heavy atom. The summed E-state index contributed by atoms with van der Waals surface area (Å²) in [6, 6.07) is -0.892. The minimum atomic E-state index is -1.08. The molecule has 0 spiro atoms. The number of carbonyl (C=O) groups excluding carboxylic acids is 1. The van der Waals surface area contributed by atoms with Crippen molar-refractivity contribution in [3.63, 3.8) is 0 Å². The zero-order valence-electron chi connectivity index (χ0n) is 11.4. The van der Waals surface area contributed by atoms with E-state index in [1.54, 1.807) is 0 Å². The third-order valence-corrected chi connectivity index (χ3v) is 2.72. The Bertz CT molecular complexity index is 319. The molecule has 0 fully saturated rings. The maximum Gasteiger partial charge on any atom is 0.320 e. The molecule has 0 aromatic rings. The lowest BCUT2D eigenvalue weighted by atomic mass is 10.2. The molecule has 1 unspecified atom stereocenters. The number of carboxylic acids is 2. The van der Waals surface area contributed by atoms with E-state index in [2.05, 4.69) is 5.32 Å². The number of nitrogens with one attached hydrogen (secondary N) is 1. The highest BCUT2D eigenvalue weighted by Gasteiger charge is 2.23. The van der Waals surface area contributed by atoms with Crippen molar-refractivity contribution < 1.29 is 24.6 Å². The van der Waals surface area contributed by atoms with Crippen molar-refractivity contribution >= 4 is 17.8 Å². The van der Waals surface area contributed by atoms with Crippen LogP contribution in [-0.4, -0.2) is 58.6 Å². The van der Waals surface area contributed by atoms with Crippen LogP contribution in [-0.2, 0) is 14.4 Å². The average molecular weight is 274 g/mol. The fourth-order valence-corrected chi connectivity index (χ4v) is 1.45. The normalized spacial score (nSPS) is 12.2. The summed E-state index contributed by atoms with van der Waals surface area (Å²) in [6.07, 6.45) is 1.61. The van der Waals surface area contributed by atoms with Crippen LogP contribution in [0.5, 0.6) is 0 Å². The summed E-state index contributed by atoms with van der Waals surface area (Å²) in [5, 5.41) is 20.2. The molecule has 7 nitrogen and oxygen atoms in total. The third kappa shape index (κ3) is 8.15. The molecule has 3 N–H and O–H groups in total. The molecule has 0 rings (SSSR count). The Morgan fingerprint density at radius 2 is 1.89 bits per heavy atom. The van der Waals surface area contributed by atoms with Crippen LogP contribution in [0.1, 0.15) is 33.1 Å². The number of hydrogen-bond donors (Lipinski definition) is 3. The first-order chi connectivity index (χ1) is 8.88. The predicted octanol–water partition coefficient (Wildman–Crippen LogP) is 0.153. The summed E-state index contributed by atoms with van der Waals surface area (Å²) in [5.74, 6) is -2.38. The van der Waals surface area contributed by atoms with E-state index >= 15 is 0 Å². The number of hydrogen-bond acceptors (Lipinski definition) is 4. The van der Waals surface area contributed by atoms with Gasteiger partial charge in [-0.15, -0.1) is 0 Å². The predicted molar refractivity (Wildman–Crippen MR) is 68.8 cm³/mol. The molecule has 0 aliphatic rings. The van der Waals surface area contributed by atoms with E-state index < -0.39 is 18.0 Å². The number of unbranched alkanes of at least 4 members (excludes halogenated alkanes) is 1. The van der Waals surface area contributed by atoms with Crippen molar-refractivity contribution in [2.24, 2.45) is 0 Å². The van der Waals surface area contributed by atoms with E-state index in [0.29, 0.717) is 6.54 Å². The lowest BCUT2D eigenvalue weighted by Crippen LogP contribution is -2.46.